The normalized spacial score (nSPS) is 49.1. The van der Waals surface area contributed by atoms with E-state index in [1.165, 1.54) is 101 Å². The van der Waals surface area contributed by atoms with Gasteiger partial charge in [0.2, 0.25) is 0 Å². The minimum absolute atomic E-state index is 0. The molecule has 10 rings (SSSR count). The van der Waals surface area contributed by atoms with Crippen LogP contribution in [0.25, 0.3) is 0 Å². The standard InChI is InChI=1S/C25H39NO2.C24H37NO2.CH4/c1-5-17-14-22(26-28-17)21-9-8-19-18-7-6-16-15-23(2,27)12-13-24(16,3)20(18)10-11-25(19,21)4;1-4-16-13-22(25-27-16)21-8-7-20-19-6-5-15-14-23(2,26)11-9-17(15)18(19)10-12-24(20,21)3;/h14,16,18-21,27H,5-13,15H2,1-4H3;13,15,17-21,26H,4-12,14H2,1-3H3;1H4/t16-,18-,19-,20-,21+,23+,24-,25-;15-,17+,18-,19-,20+,21-,23-,24+;/m01./s1. The molecule has 0 radical (unpaired) electrons. The van der Waals surface area contributed by atoms with E-state index in [0.717, 1.165) is 103 Å². The molecule has 2 heterocycles. The van der Waals surface area contributed by atoms with Crippen LogP contribution in [0.1, 0.15) is 206 Å². The van der Waals surface area contributed by atoms with Gasteiger partial charge < -0.3 is 19.3 Å². The summed E-state index contributed by atoms with van der Waals surface area (Å²) < 4.78 is 11.2. The predicted octanol–water partition coefficient (Wildman–Crippen LogP) is 12.5. The van der Waals surface area contributed by atoms with Crippen molar-refractivity contribution in [3.8, 4) is 0 Å². The third-order valence-electron chi connectivity index (χ3n) is 19.8. The van der Waals surface area contributed by atoms with Crippen LogP contribution in [0.4, 0.5) is 0 Å². The molecule has 2 aromatic rings. The van der Waals surface area contributed by atoms with E-state index in [1.807, 2.05) is 0 Å². The van der Waals surface area contributed by atoms with Gasteiger partial charge >= 0.3 is 0 Å². The Labute approximate surface area is 340 Å². The van der Waals surface area contributed by atoms with Crippen LogP contribution in [0.3, 0.4) is 0 Å². The van der Waals surface area contributed by atoms with Gasteiger partial charge in [-0.15, -0.1) is 0 Å². The fraction of sp³-hybridized carbons (Fsp3) is 0.880. The second kappa shape index (κ2) is 14.8. The molecule has 8 saturated carbocycles. The summed E-state index contributed by atoms with van der Waals surface area (Å²) in [6, 6.07) is 4.48. The van der Waals surface area contributed by atoms with E-state index in [2.05, 4.69) is 70.9 Å². The SMILES string of the molecule is C.CCc1cc([C@H]2CC[C@H]3[C@@H]4CC[C@@H]5C[C@](C)(O)CC[C@@H]5[C@H]4CC[C@]23C)no1.CCc1cc([C@H]2CC[C@H]3[C@@H]4CC[C@H]5C[C@](C)(O)CC[C@]5(C)[C@H]4CC[C@]23C)no1. The maximum atomic E-state index is 10.7. The molecule has 16 atom stereocenters. The van der Waals surface area contributed by atoms with E-state index >= 15 is 0 Å². The highest BCUT2D eigenvalue weighted by Gasteiger charge is 2.62. The lowest BCUT2D eigenvalue weighted by Gasteiger charge is -2.61. The van der Waals surface area contributed by atoms with Gasteiger partial charge in [-0.05, 0) is 199 Å². The zero-order chi connectivity index (χ0) is 38.5. The second-order valence-corrected chi connectivity index (χ2v) is 22.5. The largest absolute Gasteiger partial charge is 0.390 e. The number of hydrogen-bond acceptors (Lipinski definition) is 6. The van der Waals surface area contributed by atoms with Gasteiger partial charge in [-0.2, -0.15) is 0 Å². The van der Waals surface area contributed by atoms with Crippen molar-refractivity contribution in [2.45, 2.75) is 207 Å². The van der Waals surface area contributed by atoms with Gasteiger partial charge in [0.25, 0.3) is 0 Å². The smallest absolute Gasteiger partial charge is 0.136 e. The van der Waals surface area contributed by atoms with Crippen LogP contribution in [0.15, 0.2) is 21.2 Å². The Kier molecular flexibility index (Phi) is 10.9. The molecule has 6 nitrogen and oxygen atoms in total. The van der Waals surface area contributed by atoms with Crippen molar-refractivity contribution in [2.24, 2.45) is 69.5 Å². The molecule has 8 aliphatic carbocycles. The monoisotopic (exact) mass is 773 g/mol. The Morgan fingerprint density at radius 1 is 0.536 bits per heavy atom. The predicted molar refractivity (Wildman–Crippen MR) is 224 cm³/mol. The molecule has 2 aromatic heterocycles. The molecule has 0 unspecified atom stereocenters. The van der Waals surface area contributed by atoms with Crippen LogP contribution in [-0.2, 0) is 12.8 Å². The third-order valence-corrected chi connectivity index (χ3v) is 19.8. The number of aliphatic hydroxyl groups is 2. The average Bonchev–Trinajstić information content (AvgIpc) is 3.96. The van der Waals surface area contributed by atoms with Gasteiger partial charge in [0, 0.05) is 36.8 Å². The third kappa shape index (κ3) is 6.71. The van der Waals surface area contributed by atoms with Crippen molar-refractivity contribution >= 4 is 0 Å². The lowest BCUT2D eigenvalue weighted by Crippen LogP contribution is -2.55. The van der Waals surface area contributed by atoms with Gasteiger partial charge in [0.1, 0.15) is 11.5 Å². The fourth-order valence-corrected chi connectivity index (χ4v) is 16.8. The Hall–Kier alpha value is -1.66. The summed E-state index contributed by atoms with van der Waals surface area (Å²) in [6.07, 6.45) is 24.7. The second-order valence-electron chi connectivity index (χ2n) is 22.5. The number of rotatable bonds is 4. The van der Waals surface area contributed by atoms with Gasteiger partial charge in [-0.1, -0.05) is 52.4 Å². The zero-order valence-electron chi connectivity index (χ0n) is 35.8. The fourth-order valence-electron chi connectivity index (χ4n) is 16.8. The molecule has 8 aliphatic rings. The van der Waals surface area contributed by atoms with Crippen molar-refractivity contribution in [1.29, 1.82) is 0 Å². The average molecular weight is 773 g/mol. The zero-order valence-corrected chi connectivity index (χ0v) is 35.8. The van der Waals surface area contributed by atoms with Crippen LogP contribution >= 0.6 is 0 Å². The van der Waals surface area contributed by atoms with Gasteiger partial charge in [-0.25, -0.2) is 0 Å². The molecule has 6 heteroatoms. The molecule has 0 aromatic carbocycles. The highest BCUT2D eigenvalue weighted by Crippen LogP contribution is 2.70. The Morgan fingerprint density at radius 2 is 1.07 bits per heavy atom. The minimum Gasteiger partial charge on any atom is -0.390 e. The molecular formula is C50H80N2O4. The first kappa shape index (κ1) is 41.1. The topological polar surface area (TPSA) is 92.5 Å². The van der Waals surface area contributed by atoms with E-state index in [1.54, 1.807) is 0 Å². The highest BCUT2D eigenvalue weighted by molar-refractivity contribution is 5.22. The van der Waals surface area contributed by atoms with Gasteiger partial charge in [0.15, 0.2) is 0 Å². The molecule has 0 aliphatic heterocycles. The van der Waals surface area contributed by atoms with Crippen molar-refractivity contribution in [2.75, 3.05) is 0 Å². The Morgan fingerprint density at radius 3 is 1.68 bits per heavy atom. The summed E-state index contributed by atoms with van der Waals surface area (Å²) in [6.45, 7) is 16.2. The van der Waals surface area contributed by atoms with Crippen LogP contribution in [0.2, 0.25) is 0 Å². The summed E-state index contributed by atoms with van der Waals surface area (Å²) in [4.78, 5) is 0. The number of nitrogens with zero attached hydrogens (tertiary/aromatic N) is 2. The molecule has 0 amide bonds. The van der Waals surface area contributed by atoms with Crippen molar-refractivity contribution in [3.05, 3.63) is 35.0 Å². The first-order valence-electron chi connectivity index (χ1n) is 23.5. The number of aromatic nitrogens is 2. The first-order chi connectivity index (χ1) is 26.2. The van der Waals surface area contributed by atoms with E-state index in [4.69, 9.17) is 9.05 Å². The molecule has 0 bridgehead atoms. The minimum atomic E-state index is -0.428. The molecular weight excluding hydrogens is 693 g/mol. The van der Waals surface area contributed by atoms with E-state index in [0.29, 0.717) is 28.1 Å². The molecule has 8 fully saturated rings. The van der Waals surface area contributed by atoms with E-state index in [9.17, 15) is 10.2 Å². The molecule has 56 heavy (non-hydrogen) atoms. The van der Waals surface area contributed by atoms with Crippen molar-refractivity contribution in [3.63, 3.8) is 0 Å². The molecule has 2 N–H and O–H groups in total. The maximum Gasteiger partial charge on any atom is 0.136 e. The van der Waals surface area contributed by atoms with E-state index in [-0.39, 0.29) is 7.43 Å². The Balaban J connectivity index is 0.000000155. The lowest BCUT2D eigenvalue weighted by molar-refractivity contribution is -0.143. The van der Waals surface area contributed by atoms with Crippen LogP contribution in [-0.4, -0.2) is 31.7 Å². The lowest BCUT2D eigenvalue weighted by atomic mass is 9.44. The maximum absolute atomic E-state index is 10.7. The van der Waals surface area contributed by atoms with Gasteiger partial charge in [-0.3, -0.25) is 0 Å². The first-order valence-corrected chi connectivity index (χ1v) is 23.5. The summed E-state index contributed by atoms with van der Waals surface area (Å²) in [5.41, 5.74) is 2.89. The summed E-state index contributed by atoms with van der Waals surface area (Å²) in [5, 5.41) is 30.2. The van der Waals surface area contributed by atoms with Crippen LogP contribution in [0, 0.1) is 69.5 Å². The summed E-state index contributed by atoms with van der Waals surface area (Å²) in [5.74, 6) is 10.9. The molecule has 0 spiro atoms. The quantitative estimate of drug-likeness (QED) is 0.321. The summed E-state index contributed by atoms with van der Waals surface area (Å²) >= 11 is 0. The number of aryl methyl sites for hydroxylation is 2. The summed E-state index contributed by atoms with van der Waals surface area (Å²) in [7, 11) is 0. The number of hydrogen-bond donors (Lipinski definition) is 2. The van der Waals surface area contributed by atoms with E-state index < -0.39 is 11.2 Å². The van der Waals surface area contributed by atoms with Crippen LogP contribution in [0.5, 0.6) is 0 Å². The Bertz CT molecular complexity index is 1680. The highest BCUT2D eigenvalue weighted by atomic mass is 16.5. The van der Waals surface area contributed by atoms with Gasteiger partial charge in [0.05, 0.1) is 22.6 Å². The molecule has 0 saturated heterocycles. The molecule has 314 valence electrons. The van der Waals surface area contributed by atoms with Crippen LogP contribution < -0.4 is 0 Å². The van der Waals surface area contributed by atoms with Crippen molar-refractivity contribution in [1.82, 2.24) is 10.3 Å². The van der Waals surface area contributed by atoms with Crippen molar-refractivity contribution < 1.29 is 19.3 Å². The number of fused-ring (bicyclic) bond motifs is 10.